The van der Waals surface area contributed by atoms with Crippen molar-refractivity contribution in [1.29, 1.82) is 0 Å². The topological polar surface area (TPSA) is 110 Å². The van der Waals surface area contributed by atoms with E-state index in [1.54, 1.807) is 0 Å². The number of amides is 1. The molecule has 1 aliphatic heterocycles. The van der Waals surface area contributed by atoms with Gasteiger partial charge in [-0.05, 0) is 44.9 Å². The van der Waals surface area contributed by atoms with Gasteiger partial charge in [0, 0.05) is 30.8 Å². The fraction of sp³-hybridized carbons (Fsp3) is 0.333. The highest BCUT2D eigenvalue weighted by Crippen LogP contribution is 2.39. The van der Waals surface area contributed by atoms with Crippen LogP contribution in [0.3, 0.4) is 0 Å². The lowest BCUT2D eigenvalue weighted by molar-refractivity contribution is -0.384. The lowest BCUT2D eigenvalue weighted by Gasteiger charge is -2.25. The lowest BCUT2D eigenvalue weighted by Crippen LogP contribution is -2.31. The van der Waals surface area contributed by atoms with Crippen molar-refractivity contribution in [2.75, 3.05) is 13.2 Å². The number of ether oxygens (including phenoxy) is 1. The molecule has 168 valence electrons. The first-order chi connectivity index (χ1) is 15.2. The second-order valence-electron chi connectivity index (χ2n) is 7.98. The van der Waals surface area contributed by atoms with Gasteiger partial charge in [-0.3, -0.25) is 19.7 Å². The molecule has 3 rings (SSSR count). The van der Waals surface area contributed by atoms with Gasteiger partial charge in [0.1, 0.15) is 5.76 Å². The zero-order valence-corrected chi connectivity index (χ0v) is 18.3. The summed E-state index contributed by atoms with van der Waals surface area (Å²) in [4.78, 5) is 37.7. The van der Waals surface area contributed by atoms with E-state index in [4.69, 9.17) is 4.74 Å². The molecule has 2 aromatic carbocycles. The molecule has 1 atom stereocenters. The Hall–Kier alpha value is -3.52. The normalized spacial score (nSPS) is 17.9. The number of rotatable bonds is 8. The van der Waals surface area contributed by atoms with Gasteiger partial charge in [-0.2, -0.15) is 0 Å². The summed E-state index contributed by atoms with van der Waals surface area (Å²) in [5.74, 6) is -1.83. The molecule has 0 spiro atoms. The number of nitro groups is 1. The number of nitrogens with zero attached hydrogens (tertiary/aromatic N) is 2. The van der Waals surface area contributed by atoms with Crippen LogP contribution in [0.1, 0.15) is 43.0 Å². The fourth-order valence-electron chi connectivity index (χ4n) is 3.66. The van der Waals surface area contributed by atoms with Crippen LogP contribution in [0.25, 0.3) is 5.76 Å². The summed E-state index contributed by atoms with van der Waals surface area (Å²) >= 11 is 0. The van der Waals surface area contributed by atoms with Crippen LogP contribution in [0.4, 0.5) is 5.69 Å². The Morgan fingerprint density at radius 3 is 2.31 bits per heavy atom. The van der Waals surface area contributed by atoms with Gasteiger partial charge in [0.25, 0.3) is 17.4 Å². The Bertz CT molecular complexity index is 1040. The molecule has 1 amide bonds. The van der Waals surface area contributed by atoms with Gasteiger partial charge in [0.2, 0.25) is 0 Å². The van der Waals surface area contributed by atoms with Crippen LogP contribution in [0.5, 0.6) is 0 Å². The van der Waals surface area contributed by atoms with Crippen molar-refractivity contribution in [1.82, 2.24) is 4.90 Å². The van der Waals surface area contributed by atoms with E-state index in [2.05, 4.69) is 0 Å². The van der Waals surface area contributed by atoms with E-state index < -0.39 is 22.7 Å². The molecule has 1 N–H and O–H groups in total. The Balaban J connectivity index is 2.02. The number of aliphatic hydroxyl groups excluding tert-OH is 1. The molecule has 0 aromatic heterocycles. The van der Waals surface area contributed by atoms with Gasteiger partial charge in [-0.25, -0.2) is 0 Å². The van der Waals surface area contributed by atoms with Crippen LogP contribution in [0, 0.1) is 17.0 Å². The highest BCUT2D eigenvalue weighted by Gasteiger charge is 2.45. The van der Waals surface area contributed by atoms with Crippen LogP contribution < -0.4 is 0 Å². The number of nitro benzene ring substituents is 1. The number of carbonyl (C=O) groups excluding carboxylic acids is 2. The van der Waals surface area contributed by atoms with E-state index in [1.807, 2.05) is 45.0 Å². The number of benzene rings is 2. The highest BCUT2D eigenvalue weighted by molar-refractivity contribution is 6.46. The molecular formula is C24H26N2O6. The van der Waals surface area contributed by atoms with E-state index in [-0.39, 0.29) is 35.2 Å². The third-order valence-corrected chi connectivity index (χ3v) is 5.28. The molecule has 0 unspecified atom stereocenters. The van der Waals surface area contributed by atoms with Crippen LogP contribution in [-0.2, 0) is 14.3 Å². The highest BCUT2D eigenvalue weighted by atomic mass is 16.6. The second kappa shape index (κ2) is 9.74. The van der Waals surface area contributed by atoms with E-state index >= 15 is 0 Å². The number of ketones is 1. The van der Waals surface area contributed by atoms with Gasteiger partial charge in [-0.15, -0.1) is 0 Å². The number of aliphatic hydroxyl groups is 1. The smallest absolute Gasteiger partial charge is 0.295 e. The predicted molar refractivity (Wildman–Crippen MR) is 119 cm³/mol. The number of likely N-dealkylation sites (tertiary alicyclic amines) is 1. The standard InChI is InChI=1S/C24H26N2O6/c1-15(2)32-14-4-13-25-21(17-7-5-16(3)6-8-17)20(23(28)24(25)29)22(27)18-9-11-19(12-10-18)26(30)31/h5-12,15,21,27H,4,13-14H2,1-3H3/t21-/m1/s1. The quantitative estimate of drug-likeness (QED) is 0.166. The van der Waals surface area contributed by atoms with Crippen molar-refractivity contribution in [2.24, 2.45) is 0 Å². The average molecular weight is 438 g/mol. The third-order valence-electron chi connectivity index (χ3n) is 5.28. The molecule has 1 saturated heterocycles. The molecule has 8 heteroatoms. The number of carbonyl (C=O) groups is 2. The molecule has 0 bridgehead atoms. The summed E-state index contributed by atoms with van der Waals surface area (Å²) in [6.07, 6.45) is 0.589. The number of hydrogen-bond acceptors (Lipinski definition) is 6. The summed E-state index contributed by atoms with van der Waals surface area (Å²) < 4.78 is 5.56. The fourth-order valence-corrected chi connectivity index (χ4v) is 3.66. The van der Waals surface area contributed by atoms with Crippen LogP contribution in [0.2, 0.25) is 0 Å². The van der Waals surface area contributed by atoms with Gasteiger partial charge >= 0.3 is 0 Å². The van der Waals surface area contributed by atoms with E-state index in [0.29, 0.717) is 18.6 Å². The van der Waals surface area contributed by atoms with Crippen molar-refractivity contribution < 1.29 is 24.4 Å². The first kappa shape index (κ1) is 23.1. The molecule has 0 radical (unpaired) electrons. The monoisotopic (exact) mass is 438 g/mol. The molecule has 1 heterocycles. The van der Waals surface area contributed by atoms with Gasteiger partial charge in [0.15, 0.2) is 0 Å². The molecule has 0 saturated carbocycles. The van der Waals surface area contributed by atoms with Gasteiger partial charge in [-0.1, -0.05) is 29.8 Å². The summed E-state index contributed by atoms with van der Waals surface area (Å²) in [7, 11) is 0. The lowest BCUT2D eigenvalue weighted by atomic mass is 9.94. The Morgan fingerprint density at radius 2 is 1.75 bits per heavy atom. The summed E-state index contributed by atoms with van der Waals surface area (Å²) in [6, 6.07) is 11.9. The molecule has 8 nitrogen and oxygen atoms in total. The van der Waals surface area contributed by atoms with Crippen molar-refractivity contribution in [3.05, 3.63) is 80.9 Å². The van der Waals surface area contributed by atoms with Crippen molar-refractivity contribution in [2.45, 2.75) is 39.3 Å². The Morgan fingerprint density at radius 1 is 1.12 bits per heavy atom. The predicted octanol–water partition coefficient (Wildman–Crippen LogP) is 4.14. The molecular weight excluding hydrogens is 412 g/mol. The summed E-state index contributed by atoms with van der Waals surface area (Å²) in [6.45, 7) is 6.49. The van der Waals surface area contributed by atoms with Crippen molar-refractivity contribution >= 4 is 23.1 Å². The van der Waals surface area contributed by atoms with E-state index in [1.165, 1.54) is 29.2 Å². The zero-order chi connectivity index (χ0) is 23.4. The first-order valence-electron chi connectivity index (χ1n) is 10.4. The summed E-state index contributed by atoms with van der Waals surface area (Å²) in [5, 5.41) is 21.9. The minimum Gasteiger partial charge on any atom is -0.507 e. The maximum Gasteiger partial charge on any atom is 0.295 e. The molecule has 32 heavy (non-hydrogen) atoms. The van der Waals surface area contributed by atoms with Crippen LogP contribution in [0.15, 0.2) is 54.1 Å². The van der Waals surface area contributed by atoms with Crippen molar-refractivity contribution in [3.63, 3.8) is 0 Å². The zero-order valence-electron chi connectivity index (χ0n) is 18.3. The van der Waals surface area contributed by atoms with Gasteiger partial charge < -0.3 is 14.7 Å². The average Bonchev–Trinajstić information content (AvgIpc) is 3.01. The number of hydrogen-bond donors (Lipinski definition) is 1. The Kier molecular flexibility index (Phi) is 7.05. The SMILES string of the molecule is Cc1ccc([C@@H]2C(=C(O)c3ccc([N+](=O)[O-])cc3)C(=O)C(=O)N2CCCOC(C)C)cc1. The first-order valence-corrected chi connectivity index (χ1v) is 10.4. The molecule has 1 fully saturated rings. The molecule has 1 aliphatic rings. The minimum absolute atomic E-state index is 0.0301. The largest absolute Gasteiger partial charge is 0.507 e. The molecule has 0 aliphatic carbocycles. The Labute approximate surface area is 186 Å². The number of non-ortho nitro benzene ring substituents is 1. The van der Waals surface area contributed by atoms with E-state index in [9.17, 15) is 24.8 Å². The minimum atomic E-state index is -0.781. The number of aryl methyl sites for hydroxylation is 1. The van der Waals surface area contributed by atoms with E-state index in [0.717, 1.165) is 5.56 Å². The second-order valence-corrected chi connectivity index (χ2v) is 7.98. The third kappa shape index (κ3) is 4.86. The summed E-state index contributed by atoms with van der Waals surface area (Å²) in [5.41, 5.74) is 1.78. The maximum atomic E-state index is 12.9. The maximum absolute atomic E-state index is 12.9. The molecule has 2 aromatic rings. The van der Waals surface area contributed by atoms with Crippen molar-refractivity contribution in [3.8, 4) is 0 Å². The van der Waals surface area contributed by atoms with Crippen LogP contribution >= 0.6 is 0 Å². The number of Topliss-reactive ketones (excluding diaryl/α,β-unsaturated/α-hetero) is 1. The van der Waals surface area contributed by atoms with Gasteiger partial charge in [0.05, 0.1) is 22.6 Å². The van der Waals surface area contributed by atoms with Crippen LogP contribution in [-0.4, -0.2) is 45.9 Å².